The molecule has 0 aliphatic carbocycles. The van der Waals surface area contributed by atoms with Crippen molar-refractivity contribution >= 4 is 50.9 Å². The summed E-state index contributed by atoms with van der Waals surface area (Å²) >= 11 is 8.77. The molecule has 7 nitrogen and oxygen atoms in total. The Hall–Kier alpha value is -2.78. The van der Waals surface area contributed by atoms with Gasteiger partial charge in [-0.1, -0.05) is 15.9 Å². The lowest BCUT2D eigenvalue weighted by atomic mass is 10.1. The van der Waals surface area contributed by atoms with Crippen LogP contribution in [0.4, 0.5) is 5.69 Å². The monoisotopic (exact) mass is 507 g/mol. The van der Waals surface area contributed by atoms with Crippen molar-refractivity contribution in [2.75, 3.05) is 26.6 Å². The SMILES string of the molecule is COc1cc(OC)c(OC)cc1C=C(C)C(=O)NNC(=S)Nc1c(C)cc(Br)cc1C. The molecule has 0 spiro atoms. The van der Waals surface area contributed by atoms with Gasteiger partial charge in [0, 0.05) is 27.4 Å². The van der Waals surface area contributed by atoms with E-state index >= 15 is 0 Å². The summed E-state index contributed by atoms with van der Waals surface area (Å²) in [5.41, 5.74) is 9.38. The zero-order valence-corrected chi connectivity index (χ0v) is 20.7. The molecule has 0 aromatic heterocycles. The zero-order chi connectivity index (χ0) is 23.1. The van der Waals surface area contributed by atoms with Crippen molar-refractivity contribution in [2.45, 2.75) is 20.8 Å². The second-order valence-corrected chi connectivity index (χ2v) is 8.05. The van der Waals surface area contributed by atoms with Crippen LogP contribution >= 0.6 is 28.1 Å². The second kappa shape index (κ2) is 11.0. The predicted octanol–water partition coefficient (Wildman–Crippen LogP) is 4.51. The number of halogens is 1. The number of rotatable bonds is 6. The van der Waals surface area contributed by atoms with Crippen molar-refractivity contribution in [3.63, 3.8) is 0 Å². The summed E-state index contributed by atoms with van der Waals surface area (Å²) in [6, 6.07) is 7.42. The standard InChI is InChI=1S/C22H26BrN3O4S/c1-12-8-16(23)9-13(2)20(12)24-22(31)26-25-21(27)14(3)7-15-10-18(29-5)19(30-6)11-17(15)28-4/h7-11H,1-6H3,(H,25,27)(H2,24,26,31). The fourth-order valence-corrected chi connectivity index (χ4v) is 3.77. The summed E-state index contributed by atoms with van der Waals surface area (Å²) in [6.45, 7) is 5.64. The Morgan fingerprint density at radius 1 is 0.935 bits per heavy atom. The number of carbonyl (C=O) groups is 1. The molecule has 0 radical (unpaired) electrons. The average Bonchev–Trinajstić information content (AvgIpc) is 2.73. The smallest absolute Gasteiger partial charge is 0.265 e. The highest BCUT2D eigenvalue weighted by atomic mass is 79.9. The normalized spacial score (nSPS) is 10.9. The van der Waals surface area contributed by atoms with Crippen LogP contribution in [0.1, 0.15) is 23.6 Å². The van der Waals surface area contributed by atoms with Crippen LogP contribution in [-0.2, 0) is 4.79 Å². The lowest BCUT2D eigenvalue weighted by Crippen LogP contribution is -2.44. The molecule has 1 amide bonds. The molecular weight excluding hydrogens is 482 g/mol. The number of hydrazine groups is 1. The lowest BCUT2D eigenvalue weighted by Gasteiger charge is -2.16. The van der Waals surface area contributed by atoms with Crippen LogP contribution < -0.4 is 30.4 Å². The van der Waals surface area contributed by atoms with E-state index in [1.165, 1.54) is 0 Å². The number of hydrogen-bond acceptors (Lipinski definition) is 5. The van der Waals surface area contributed by atoms with Gasteiger partial charge < -0.3 is 19.5 Å². The summed E-state index contributed by atoms with van der Waals surface area (Å²) in [4.78, 5) is 12.5. The molecular formula is C22H26BrN3O4S. The summed E-state index contributed by atoms with van der Waals surface area (Å²) < 4.78 is 17.0. The molecule has 2 aromatic rings. The number of anilines is 1. The molecule has 2 rings (SSSR count). The quantitative estimate of drug-likeness (QED) is 0.301. The molecule has 166 valence electrons. The van der Waals surface area contributed by atoms with Gasteiger partial charge in [-0.3, -0.25) is 15.6 Å². The minimum atomic E-state index is -0.342. The van der Waals surface area contributed by atoms with Crippen molar-refractivity contribution in [1.29, 1.82) is 0 Å². The van der Waals surface area contributed by atoms with Gasteiger partial charge in [0.2, 0.25) is 0 Å². The van der Waals surface area contributed by atoms with Crippen LogP contribution in [0.25, 0.3) is 6.08 Å². The topological polar surface area (TPSA) is 80.9 Å². The van der Waals surface area contributed by atoms with Crippen LogP contribution in [0.3, 0.4) is 0 Å². The molecule has 0 saturated heterocycles. The Kier molecular flexibility index (Phi) is 8.70. The molecule has 9 heteroatoms. The van der Waals surface area contributed by atoms with Gasteiger partial charge in [-0.05, 0) is 68.4 Å². The number of benzene rings is 2. The number of methoxy groups -OCH3 is 3. The molecule has 0 unspecified atom stereocenters. The Bertz CT molecular complexity index is 1000. The van der Waals surface area contributed by atoms with Gasteiger partial charge in [-0.15, -0.1) is 0 Å². The zero-order valence-electron chi connectivity index (χ0n) is 18.3. The Morgan fingerprint density at radius 3 is 2.03 bits per heavy atom. The van der Waals surface area contributed by atoms with E-state index in [1.54, 1.807) is 46.5 Å². The molecule has 0 aliphatic heterocycles. The van der Waals surface area contributed by atoms with E-state index in [4.69, 9.17) is 26.4 Å². The number of ether oxygens (including phenoxy) is 3. The third kappa shape index (κ3) is 6.35. The molecule has 0 fully saturated rings. The molecule has 0 atom stereocenters. The maximum Gasteiger partial charge on any atom is 0.265 e. The number of amides is 1. The number of hydrogen-bond donors (Lipinski definition) is 3. The number of thiocarbonyl (C=S) groups is 1. The Morgan fingerprint density at radius 2 is 1.48 bits per heavy atom. The minimum Gasteiger partial charge on any atom is -0.496 e. The Balaban J connectivity index is 2.09. The minimum absolute atomic E-state index is 0.276. The van der Waals surface area contributed by atoms with Gasteiger partial charge in [0.25, 0.3) is 5.91 Å². The van der Waals surface area contributed by atoms with Gasteiger partial charge >= 0.3 is 0 Å². The molecule has 31 heavy (non-hydrogen) atoms. The first-order valence-electron chi connectivity index (χ1n) is 9.32. The highest BCUT2D eigenvalue weighted by Gasteiger charge is 2.13. The van der Waals surface area contributed by atoms with Gasteiger partial charge in [0.15, 0.2) is 16.6 Å². The van der Waals surface area contributed by atoms with Crippen molar-refractivity contribution in [2.24, 2.45) is 0 Å². The summed E-state index contributed by atoms with van der Waals surface area (Å²) in [5.74, 6) is 1.28. The highest BCUT2D eigenvalue weighted by molar-refractivity contribution is 9.10. The van der Waals surface area contributed by atoms with E-state index in [9.17, 15) is 4.79 Å². The van der Waals surface area contributed by atoms with E-state index < -0.39 is 0 Å². The summed E-state index contributed by atoms with van der Waals surface area (Å²) in [7, 11) is 4.64. The van der Waals surface area contributed by atoms with Crippen LogP contribution in [-0.4, -0.2) is 32.3 Å². The van der Waals surface area contributed by atoms with Crippen molar-refractivity contribution in [3.8, 4) is 17.2 Å². The van der Waals surface area contributed by atoms with Crippen molar-refractivity contribution in [1.82, 2.24) is 10.9 Å². The second-order valence-electron chi connectivity index (χ2n) is 6.72. The summed E-state index contributed by atoms with van der Waals surface area (Å²) in [5, 5.41) is 3.39. The van der Waals surface area contributed by atoms with E-state index in [1.807, 2.05) is 26.0 Å². The first-order chi connectivity index (χ1) is 14.7. The molecule has 0 saturated carbocycles. The van der Waals surface area contributed by atoms with E-state index in [0.717, 1.165) is 21.3 Å². The maximum atomic E-state index is 12.5. The fraction of sp³-hybridized carbons (Fsp3) is 0.273. The van der Waals surface area contributed by atoms with Gasteiger partial charge in [0.05, 0.1) is 21.3 Å². The number of nitrogens with one attached hydrogen (secondary N) is 3. The summed E-state index contributed by atoms with van der Waals surface area (Å²) in [6.07, 6.45) is 1.69. The van der Waals surface area contributed by atoms with E-state index in [2.05, 4.69) is 32.1 Å². The Labute approximate surface area is 196 Å². The van der Waals surface area contributed by atoms with Gasteiger partial charge in [-0.2, -0.15) is 0 Å². The molecule has 3 N–H and O–H groups in total. The van der Waals surface area contributed by atoms with Crippen LogP contribution in [0.2, 0.25) is 0 Å². The van der Waals surface area contributed by atoms with Crippen LogP contribution in [0.5, 0.6) is 17.2 Å². The van der Waals surface area contributed by atoms with Gasteiger partial charge in [-0.25, -0.2) is 0 Å². The first-order valence-corrected chi connectivity index (χ1v) is 10.5. The van der Waals surface area contributed by atoms with Crippen molar-refractivity contribution in [3.05, 3.63) is 51.0 Å². The third-order valence-corrected chi connectivity index (χ3v) is 5.15. The predicted molar refractivity (Wildman–Crippen MR) is 131 cm³/mol. The maximum absolute atomic E-state index is 12.5. The third-order valence-electron chi connectivity index (χ3n) is 4.49. The lowest BCUT2D eigenvalue weighted by molar-refractivity contribution is -0.117. The highest BCUT2D eigenvalue weighted by Crippen LogP contribution is 2.35. The molecule has 2 aromatic carbocycles. The van der Waals surface area contributed by atoms with Crippen molar-refractivity contribution < 1.29 is 19.0 Å². The van der Waals surface area contributed by atoms with Gasteiger partial charge in [0.1, 0.15) is 5.75 Å². The fourth-order valence-electron chi connectivity index (χ4n) is 2.93. The molecule has 0 bridgehead atoms. The largest absolute Gasteiger partial charge is 0.496 e. The van der Waals surface area contributed by atoms with E-state index in [0.29, 0.717) is 28.4 Å². The average molecular weight is 508 g/mol. The van der Waals surface area contributed by atoms with Crippen LogP contribution in [0, 0.1) is 13.8 Å². The van der Waals surface area contributed by atoms with Crippen LogP contribution in [0.15, 0.2) is 34.3 Å². The first kappa shape index (κ1) is 24.5. The number of aryl methyl sites for hydroxylation is 2. The van der Waals surface area contributed by atoms with E-state index in [-0.39, 0.29) is 11.0 Å². The number of carbonyl (C=O) groups excluding carboxylic acids is 1. The molecule has 0 aliphatic rings. The molecule has 0 heterocycles.